The number of urea groups is 1. The molecule has 2 N–H and O–H groups in total. The quantitative estimate of drug-likeness (QED) is 0.750. The van der Waals surface area contributed by atoms with Gasteiger partial charge in [0.2, 0.25) is 0 Å². The second-order valence-corrected chi connectivity index (χ2v) is 7.93. The Morgan fingerprint density at radius 3 is 2.72 bits per heavy atom. The van der Waals surface area contributed by atoms with E-state index < -0.39 is 0 Å². The molecule has 0 bridgehead atoms. The molecule has 2 aromatic carbocycles. The lowest BCUT2D eigenvalue weighted by molar-refractivity contribution is -0.104. The molecular weight excluding hydrogens is 386 g/mol. The predicted molar refractivity (Wildman–Crippen MR) is 112 cm³/mol. The number of aldehydes is 1. The number of thioether (sulfide) groups is 1. The molecule has 5 rings (SSSR count). The number of carbonyl (C=O) groups excluding carboxylic acids is 2. The molecule has 1 unspecified atom stereocenters. The number of allylic oxidation sites excluding steroid dienone is 2. The normalized spacial score (nSPS) is 19.7. The van der Waals surface area contributed by atoms with Crippen LogP contribution in [-0.4, -0.2) is 17.7 Å². The summed E-state index contributed by atoms with van der Waals surface area (Å²) >= 11 is 1.41. The lowest BCUT2D eigenvalue weighted by Gasteiger charge is -2.35. The van der Waals surface area contributed by atoms with E-state index in [2.05, 4.69) is 10.6 Å². The highest BCUT2D eigenvalue weighted by atomic mass is 32.2. The Morgan fingerprint density at radius 1 is 1.14 bits per heavy atom. The largest absolute Gasteiger partial charge is 0.457 e. The molecule has 144 valence electrons. The van der Waals surface area contributed by atoms with Gasteiger partial charge in [-0.1, -0.05) is 30.0 Å². The summed E-state index contributed by atoms with van der Waals surface area (Å²) < 4.78 is 5.90. The molecule has 0 radical (unpaired) electrons. The number of hydrogen-bond acceptors (Lipinski definition) is 5. The van der Waals surface area contributed by atoms with E-state index in [1.165, 1.54) is 11.8 Å². The molecule has 3 aliphatic heterocycles. The average Bonchev–Trinajstić information content (AvgIpc) is 3.09. The second-order valence-electron chi connectivity index (χ2n) is 6.78. The van der Waals surface area contributed by atoms with Gasteiger partial charge in [-0.05, 0) is 55.1 Å². The number of rotatable bonds is 4. The van der Waals surface area contributed by atoms with Gasteiger partial charge >= 0.3 is 6.03 Å². The third-order valence-corrected chi connectivity index (χ3v) is 6.12. The van der Waals surface area contributed by atoms with Crippen molar-refractivity contribution in [3.8, 4) is 11.5 Å². The van der Waals surface area contributed by atoms with E-state index in [1.54, 1.807) is 4.90 Å². The summed E-state index contributed by atoms with van der Waals surface area (Å²) in [5.41, 5.74) is 3.96. The minimum absolute atomic E-state index is 0.0886. The van der Waals surface area contributed by atoms with Crippen molar-refractivity contribution < 1.29 is 14.3 Å². The third kappa shape index (κ3) is 2.91. The molecule has 0 saturated heterocycles. The lowest BCUT2D eigenvalue weighted by Crippen LogP contribution is -2.47. The Labute approximate surface area is 171 Å². The van der Waals surface area contributed by atoms with Crippen molar-refractivity contribution in [2.45, 2.75) is 12.3 Å². The molecule has 7 heteroatoms. The second kappa shape index (κ2) is 6.86. The first-order valence-electron chi connectivity index (χ1n) is 9.13. The summed E-state index contributed by atoms with van der Waals surface area (Å²) in [6, 6.07) is 14.9. The zero-order valence-electron chi connectivity index (χ0n) is 15.5. The van der Waals surface area contributed by atoms with Crippen LogP contribution in [0.2, 0.25) is 0 Å². The van der Waals surface area contributed by atoms with Gasteiger partial charge in [-0.15, -0.1) is 0 Å². The van der Waals surface area contributed by atoms with Crippen LogP contribution in [0.15, 0.2) is 82.7 Å². The van der Waals surface area contributed by atoms with Gasteiger partial charge < -0.3 is 15.4 Å². The molecule has 0 saturated carbocycles. The van der Waals surface area contributed by atoms with Gasteiger partial charge in [0.15, 0.2) is 6.29 Å². The van der Waals surface area contributed by atoms with E-state index in [9.17, 15) is 9.59 Å². The van der Waals surface area contributed by atoms with Gasteiger partial charge in [0.1, 0.15) is 16.9 Å². The molecule has 1 atom stereocenters. The van der Waals surface area contributed by atoms with Crippen molar-refractivity contribution in [1.82, 2.24) is 10.6 Å². The molecular formula is C22H17N3O3S. The number of carbonyl (C=O) groups is 2. The smallest absolute Gasteiger partial charge is 0.331 e. The first kappa shape index (κ1) is 17.6. The molecule has 0 fully saturated rings. The topological polar surface area (TPSA) is 70.7 Å². The maximum atomic E-state index is 13.0. The fourth-order valence-corrected chi connectivity index (χ4v) is 4.77. The standard InChI is InChI=1S/C22H17N3O3S/c1-13-11-15(28-14-5-3-2-4-6-14)7-8-16(13)25-17-9-10-23-21-19(17)20(24-22(25)27)18(12-26)29-21/h2-12,21,23H,1H3,(H,24,27). The third-order valence-electron chi connectivity index (χ3n) is 4.96. The molecule has 0 aromatic heterocycles. The number of dihydropyridines is 1. The van der Waals surface area contributed by atoms with Gasteiger partial charge in [-0.25, -0.2) is 4.79 Å². The number of benzene rings is 2. The van der Waals surface area contributed by atoms with Gasteiger partial charge in [0.25, 0.3) is 0 Å². The van der Waals surface area contributed by atoms with Crippen molar-refractivity contribution in [2.75, 3.05) is 4.90 Å². The molecule has 29 heavy (non-hydrogen) atoms. The Bertz CT molecular complexity index is 1120. The van der Waals surface area contributed by atoms with E-state index in [0.29, 0.717) is 16.4 Å². The zero-order valence-corrected chi connectivity index (χ0v) is 16.3. The van der Waals surface area contributed by atoms with Gasteiger partial charge in [0, 0.05) is 5.57 Å². The Balaban J connectivity index is 1.54. The van der Waals surface area contributed by atoms with Crippen LogP contribution in [0, 0.1) is 6.92 Å². The molecule has 2 aromatic rings. The van der Waals surface area contributed by atoms with E-state index in [-0.39, 0.29) is 11.4 Å². The van der Waals surface area contributed by atoms with Crippen molar-refractivity contribution in [3.63, 3.8) is 0 Å². The minimum Gasteiger partial charge on any atom is -0.457 e. The monoisotopic (exact) mass is 403 g/mol. The van der Waals surface area contributed by atoms with E-state index >= 15 is 0 Å². The first-order valence-corrected chi connectivity index (χ1v) is 10.0. The predicted octanol–water partition coefficient (Wildman–Crippen LogP) is 4.17. The summed E-state index contributed by atoms with van der Waals surface area (Å²) in [5, 5.41) is 6.04. The molecule has 2 amide bonds. The molecule has 3 heterocycles. The Kier molecular flexibility index (Phi) is 4.17. The number of para-hydroxylation sites is 1. The van der Waals surface area contributed by atoms with Gasteiger partial charge in [0.05, 0.1) is 22.0 Å². The number of nitrogens with zero attached hydrogens (tertiary/aromatic N) is 1. The van der Waals surface area contributed by atoms with Gasteiger partial charge in [-0.2, -0.15) is 0 Å². The summed E-state index contributed by atoms with van der Waals surface area (Å²) in [5.74, 6) is 1.45. The van der Waals surface area contributed by atoms with Gasteiger partial charge in [-0.3, -0.25) is 9.69 Å². The van der Waals surface area contributed by atoms with Crippen molar-refractivity contribution >= 4 is 29.8 Å². The molecule has 6 nitrogen and oxygen atoms in total. The van der Waals surface area contributed by atoms with Crippen LogP contribution in [0.5, 0.6) is 11.5 Å². The van der Waals surface area contributed by atoms with Crippen molar-refractivity contribution in [2.24, 2.45) is 0 Å². The Hall–Kier alpha value is -3.45. The molecule has 3 aliphatic rings. The average molecular weight is 403 g/mol. The van der Waals surface area contributed by atoms with E-state index in [4.69, 9.17) is 4.74 Å². The summed E-state index contributed by atoms with van der Waals surface area (Å²) in [4.78, 5) is 26.6. The minimum atomic E-state index is -0.286. The highest BCUT2D eigenvalue weighted by molar-refractivity contribution is 8.05. The highest BCUT2D eigenvalue weighted by Gasteiger charge is 2.41. The van der Waals surface area contributed by atoms with Crippen LogP contribution in [0.1, 0.15) is 5.56 Å². The lowest BCUT2D eigenvalue weighted by atomic mass is 10.0. The molecule has 0 aliphatic carbocycles. The summed E-state index contributed by atoms with van der Waals surface area (Å²) in [6.07, 6.45) is 4.48. The number of ether oxygens (including phenoxy) is 1. The van der Waals surface area contributed by atoms with Crippen LogP contribution in [0.4, 0.5) is 10.5 Å². The van der Waals surface area contributed by atoms with Crippen molar-refractivity contribution in [1.29, 1.82) is 0 Å². The zero-order chi connectivity index (χ0) is 20.0. The maximum Gasteiger partial charge on any atom is 0.331 e. The first-order chi connectivity index (χ1) is 14.2. The van der Waals surface area contributed by atoms with E-state index in [1.807, 2.05) is 67.7 Å². The summed E-state index contributed by atoms with van der Waals surface area (Å²) in [7, 11) is 0. The number of aryl methyl sites for hydroxylation is 1. The summed E-state index contributed by atoms with van der Waals surface area (Å²) in [6.45, 7) is 1.94. The fraction of sp³-hybridized carbons (Fsp3) is 0.0909. The van der Waals surface area contributed by atoms with Crippen LogP contribution in [-0.2, 0) is 4.79 Å². The van der Waals surface area contributed by atoms with Crippen molar-refractivity contribution in [3.05, 3.63) is 88.2 Å². The fourth-order valence-electron chi connectivity index (χ4n) is 3.68. The SMILES string of the molecule is Cc1cc(Oc2ccccc2)ccc1N1C(=O)NC2=C(C=O)SC3NC=CC1=C23. The van der Waals surface area contributed by atoms with Crippen LogP contribution in [0.3, 0.4) is 0 Å². The maximum absolute atomic E-state index is 13.0. The number of amides is 2. The number of anilines is 1. The number of nitrogens with one attached hydrogen (secondary N) is 2. The number of hydrogen-bond donors (Lipinski definition) is 2. The van der Waals surface area contributed by atoms with Crippen LogP contribution >= 0.6 is 11.8 Å². The van der Waals surface area contributed by atoms with Crippen LogP contribution in [0.25, 0.3) is 0 Å². The van der Waals surface area contributed by atoms with Crippen LogP contribution < -0.4 is 20.3 Å². The Morgan fingerprint density at radius 2 is 1.97 bits per heavy atom. The highest BCUT2D eigenvalue weighted by Crippen LogP contribution is 2.45. The molecule has 0 spiro atoms. The van der Waals surface area contributed by atoms with E-state index in [0.717, 1.165) is 34.6 Å².